The molecule has 1 aliphatic heterocycles. The van der Waals surface area contributed by atoms with E-state index in [1.54, 1.807) is 6.20 Å². The molecule has 0 bridgehead atoms. The summed E-state index contributed by atoms with van der Waals surface area (Å²) in [6, 6.07) is 7.76. The van der Waals surface area contributed by atoms with E-state index in [1.165, 1.54) is 6.39 Å². The second-order valence-electron chi connectivity index (χ2n) is 4.26. The number of aromatic nitrogens is 2. The molecule has 4 rings (SSSR count). The predicted octanol–water partition coefficient (Wildman–Crippen LogP) is 2.66. The zero-order valence-electron chi connectivity index (χ0n) is 10.00. The van der Waals surface area contributed by atoms with Gasteiger partial charge in [0.1, 0.15) is 13.2 Å². The Bertz CT molecular complexity index is 751. The van der Waals surface area contributed by atoms with Gasteiger partial charge in [-0.25, -0.2) is 4.98 Å². The maximum absolute atomic E-state index is 5.58. The van der Waals surface area contributed by atoms with Gasteiger partial charge in [-0.2, -0.15) is 4.98 Å². The number of rotatable bonds is 1. The fourth-order valence-corrected chi connectivity index (χ4v) is 2.13. The highest BCUT2D eigenvalue weighted by Gasteiger charge is 2.13. The van der Waals surface area contributed by atoms with Gasteiger partial charge in [-0.1, -0.05) is 6.07 Å². The molecule has 0 fully saturated rings. The molecule has 0 aliphatic carbocycles. The highest BCUT2D eigenvalue weighted by atomic mass is 16.6. The third-order valence-electron chi connectivity index (χ3n) is 3.06. The fraction of sp³-hybridized carbons (Fsp3) is 0.143. The molecule has 1 aliphatic rings. The Morgan fingerprint density at radius 1 is 0.895 bits per heavy atom. The number of ether oxygens (including phenoxy) is 2. The van der Waals surface area contributed by atoms with Crippen molar-refractivity contribution < 1.29 is 13.9 Å². The van der Waals surface area contributed by atoms with Crippen LogP contribution in [0.4, 0.5) is 0 Å². The Balaban J connectivity index is 1.82. The molecule has 5 heteroatoms. The lowest BCUT2D eigenvalue weighted by Crippen LogP contribution is -2.15. The number of hydrogen-bond donors (Lipinski definition) is 0. The van der Waals surface area contributed by atoms with E-state index in [1.807, 2.05) is 24.3 Å². The van der Waals surface area contributed by atoms with Crippen LogP contribution in [0.25, 0.3) is 22.4 Å². The summed E-state index contributed by atoms with van der Waals surface area (Å²) in [6.45, 7) is 1.17. The summed E-state index contributed by atoms with van der Waals surface area (Å²) < 4.78 is 16.3. The smallest absolute Gasteiger partial charge is 0.198 e. The zero-order chi connectivity index (χ0) is 12.7. The second kappa shape index (κ2) is 3.98. The normalized spacial score (nSPS) is 13.7. The summed E-state index contributed by atoms with van der Waals surface area (Å²) in [5.41, 5.74) is 3.25. The average molecular weight is 254 g/mol. The molecule has 0 amide bonds. The summed E-state index contributed by atoms with van der Waals surface area (Å²) >= 11 is 0. The van der Waals surface area contributed by atoms with Crippen molar-refractivity contribution in [2.24, 2.45) is 0 Å². The first kappa shape index (κ1) is 10.4. The third kappa shape index (κ3) is 1.71. The zero-order valence-corrected chi connectivity index (χ0v) is 10.00. The number of oxazole rings is 1. The lowest BCUT2D eigenvalue weighted by atomic mass is 10.1. The predicted molar refractivity (Wildman–Crippen MR) is 68.2 cm³/mol. The van der Waals surface area contributed by atoms with Gasteiger partial charge < -0.3 is 13.9 Å². The van der Waals surface area contributed by atoms with Crippen LogP contribution in [-0.2, 0) is 0 Å². The van der Waals surface area contributed by atoms with E-state index < -0.39 is 0 Å². The minimum atomic E-state index is 0.579. The van der Waals surface area contributed by atoms with Crippen molar-refractivity contribution in [1.29, 1.82) is 0 Å². The topological polar surface area (TPSA) is 57.4 Å². The van der Waals surface area contributed by atoms with Crippen molar-refractivity contribution in [2.75, 3.05) is 13.2 Å². The number of nitrogens with zero attached hydrogens (tertiary/aromatic N) is 2. The molecule has 19 heavy (non-hydrogen) atoms. The maximum Gasteiger partial charge on any atom is 0.198 e. The molecule has 0 radical (unpaired) electrons. The Kier molecular flexibility index (Phi) is 2.17. The van der Waals surface area contributed by atoms with Crippen LogP contribution in [0.1, 0.15) is 0 Å². The standard InChI is InChI=1S/C14H10N2O3/c1-2-11-12(18-4-3-17-11)5-9(1)10-6-13-14(15-7-10)16-8-19-13/h1-2,5-8H,3-4H2. The Morgan fingerprint density at radius 2 is 1.79 bits per heavy atom. The van der Waals surface area contributed by atoms with E-state index in [4.69, 9.17) is 13.9 Å². The SMILES string of the molecule is c1nc2ncc(-c3ccc4c(c3)OCCO4)cc2o1. The largest absolute Gasteiger partial charge is 0.486 e. The monoisotopic (exact) mass is 254 g/mol. The molecule has 94 valence electrons. The lowest BCUT2D eigenvalue weighted by molar-refractivity contribution is 0.171. The van der Waals surface area contributed by atoms with Crippen molar-refractivity contribution >= 4 is 11.2 Å². The van der Waals surface area contributed by atoms with Crippen molar-refractivity contribution in [1.82, 2.24) is 9.97 Å². The average Bonchev–Trinajstić information content (AvgIpc) is 2.94. The maximum atomic E-state index is 5.58. The van der Waals surface area contributed by atoms with Crippen LogP contribution < -0.4 is 9.47 Å². The minimum Gasteiger partial charge on any atom is -0.486 e. The van der Waals surface area contributed by atoms with E-state index >= 15 is 0 Å². The molecule has 0 spiro atoms. The van der Waals surface area contributed by atoms with Gasteiger partial charge in [-0.3, -0.25) is 0 Å². The number of pyridine rings is 1. The number of benzene rings is 1. The molecular weight excluding hydrogens is 244 g/mol. The van der Waals surface area contributed by atoms with Crippen molar-refractivity contribution in [2.45, 2.75) is 0 Å². The van der Waals surface area contributed by atoms with Crippen LogP contribution in [0, 0.1) is 0 Å². The van der Waals surface area contributed by atoms with Crippen LogP contribution in [0.5, 0.6) is 11.5 Å². The third-order valence-corrected chi connectivity index (χ3v) is 3.06. The van der Waals surface area contributed by atoms with Gasteiger partial charge in [0.2, 0.25) is 0 Å². The lowest BCUT2D eigenvalue weighted by Gasteiger charge is -2.18. The molecule has 3 heterocycles. The summed E-state index contributed by atoms with van der Waals surface area (Å²) in [6.07, 6.45) is 3.17. The highest BCUT2D eigenvalue weighted by Crippen LogP contribution is 2.34. The van der Waals surface area contributed by atoms with Gasteiger partial charge in [-0.15, -0.1) is 0 Å². The summed E-state index contributed by atoms with van der Waals surface area (Å²) in [7, 11) is 0. The Labute approximate surface area is 108 Å². The first-order valence-electron chi connectivity index (χ1n) is 5.99. The second-order valence-corrected chi connectivity index (χ2v) is 4.26. The van der Waals surface area contributed by atoms with Gasteiger partial charge in [-0.05, 0) is 23.8 Å². The van der Waals surface area contributed by atoms with Gasteiger partial charge in [0.25, 0.3) is 0 Å². The van der Waals surface area contributed by atoms with E-state index in [-0.39, 0.29) is 0 Å². The number of hydrogen-bond acceptors (Lipinski definition) is 5. The van der Waals surface area contributed by atoms with E-state index in [0.29, 0.717) is 24.4 Å². The summed E-state index contributed by atoms with van der Waals surface area (Å²) in [5, 5.41) is 0. The van der Waals surface area contributed by atoms with Crippen molar-refractivity contribution in [3.8, 4) is 22.6 Å². The molecule has 1 aromatic carbocycles. The first-order valence-corrected chi connectivity index (χ1v) is 5.99. The van der Waals surface area contributed by atoms with Crippen molar-refractivity contribution in [3.63, 3.8) is 0 Å². The number of fused-ring (bicyclic) bond motifs is 2. The fourth-order valence-electron chi connectivity index (χ4n) is 2.13. The van der Waals surface area contributed by atoms with Crippen LogP contribution in [-0.4, -0.2) is 23.2 Å². The Morgan fingerprint density at radius 3 is 2.74 bits per heavy atom. The molecule has 0 saturated heterocycles. The van der Waals surface area contributed by atoms with Gasteiger partial charge in [0.05, 0.1) is 0 Å². The van der Waals surface area contributed by atoms with Gasteiger partial charge in [0, 0.05) is 11.8 Å². The molecular formula is C14H10N2O3. The van der Waals surface area contributed by atoms with E-state index in [9.17, 15) is 0 Å². The van der Waals surface area contributed by atoms with E-state index in [0.717, 1.165) is 22.6 Å². The minimum absolute atomic E-state index is 0.579. The molecule has 5 nitrogen and oxygen atoms in total. The molecule has 0 N–H and O–H groups in total. The molecule has 2 aromatic heterocycles. The summed E-state index contributed by atoms with van der Waals surface area (Å²) in [5.74, 6) is 1.55. The van der Waals surface area contributed by atoms with Crippen molar-refractivity contribution in [3.05, 3.63) is 36.9 Å². The van der Waals surface area contributed by atoms with Gasteiger partial charge in [0.15, 0.2) is 29.1 Å². The van der Waals surface area contributed by atoms with Gasteiger partial charge >= 0.3 is 0 Å². The van der Waals surface area contributed by atoms with Crippen LogP contribution in [0.3, 0.4) is 0 Å². The van der Waals surface area contributed by atoms with Crippen LogP contribution in [0.15, 0.2) is 41.3 Å². The first-order chi connectivity index (χ1) is 9.40. The molecule has 0 unspecified atom stereocenters. The quantitative estimate of drug-likeness (QED) is 0.668. The highest BCUT2D eigenvalue weighted by molar-refractivity contribution is 5.76. The van der Waals surface area contributed by atoms with Crippen LogP contribution in [0.2, 0.25) is 0 Å². The molecule has 0 atom stereocenters. The summed E-state index contributed by atoms with van der Waals surface area (Å²) in [4.78, 5) is 8.25. The molecule has 0 saturated carbocycles. The molecule has 3 aromatic rings. The van der Waals surface area contributed by atoms with Crippen LogP contribution >= 0.6 is 0 Å². The Hall–Kier alpha value is -2.56. The van der Waals surface area contributed by atoms with E-state index in [2.05, 4.69) is 9.97 Å².